The molecule has 5 heteroatoms. The fraction of sp³-hybridized carbons (Fsp3) is 0.786. The molecule has 1 saturated heterocycles. The molecule has 2 heterocycles. The normalized spacial score (nSPS) is 19.8. The molecule has 1 aromatic rings. The van der Waals surface area contributed by atoms with Crippen LogP contribution in [-0.2, 0) is 11.3 Å². The number of rotatable bonds is 7. The summed E-state index contributed by atoms with van der Waals surface area (Å²) in [5.41, 5.74) is 0.875. The van der Waals surface area contributed by atoms with Crippen molar-refractivity contribution in [3.8, 4) is 6.08 Å². The first kappa shape index (κ1) is 14.3. The summed E-state index contributed by atoms with van der Waals surface area (Å²) in [6.07, 6.45) is 5.60. The van der Waals surface area contributed by atoms with E-state index in [0.717, 1.165) is 31.7 Å². The van der Waals surface area contributed by atoms with Crippen LogP contribution in [0.3, 0.4) is 0 Å². The number of oxazole rings is 1. The van der Waals surface area contributed by atoms with Crippen LogP contribution in [0, 0.1) is 5.92 Å². The van der Waals surface area contributed by atoms with Gasteiger partial charge in [-0.2, -0.15) is 4.98 Å². The van der Waals surface area contributed by atoms with Crippen molar-refractivity contribution in [2.45, 2.75) is 45.8 Å². The molecule has 0 aliphatic carbocycles. The van der Waals surface area contributed by atoms with Gasteiger partial charge >= 0.3 is 6.08 Å². The highest BCUT2D eigenvalue weighted by atomic mass is 16.6. The third kappa shape index (κ3) is 5.20. The van der Waals surface area contributed by atoms with Crippen molar-refractivity contribution in [3.63, 3.8) is 0 Å². The third-order valence-electron chi connectivity index (χ3n) is 3.06. The highest BCUT2D eigenvalue weighted by molar-refractivity contribution is 4.99. The number of nitrogens with one attached hydrogen (secondary N) is 1. The van der Waals surface area contributed by atoms with Gasteiger partial charge in [-0.05, 0) is 31.7 Å². The summed E-state index contributed by atoms with van der Waals surface area (Å²) in [5, 5.41) is 3.32. The van der Waals surface area contributed by atoms with E-state index in [1.165, 1.54) is 6.42 Å². The van der Waals surface area contributed by atoms with Gasteiger partial charge in [0.05, 0.1) is 11.8 Å². The van der Waals surface area contributed by atoms with Crippen molar-refractivity contribution >= 4 is 0 Å². The van der Waals surface area contributed by atoms with Crippen molar-refractivity contribution in [1.82, 2.24) is 10.3 Å². The van der Waals surface area contributed by atoms with Gasteiger partial charge in [0.25, 0.3) is 0 Å². The first-order chi connectivity index (χ1) is 9.24. The largest absolute Gasteiger partial charge is 0.447 e. The van der Waals surface area contributed by atoms with Crippen molar-refractivity contribution in [3.05, 3.63) is 12.0 Å². The maximum Gasteiger partial charge on any atom is 0.393 e. The smallest absolute Gasteiger partial charge is 0.393 e. The first-order valence-corrected chi connectivity index (χ1v) is 7.13. The summed E-state index contributed by atoms with van der Waals surface area (Å²) in [7, 11) is 0. The molecule has 2 rings (SSSR count). The second-order valence-electron chi connectivity index (χ2n) is 5.43. The molecule has 0 saturated carbocycles. The van der Waals surface area contributed by atoms with E-state index in [2.05, 4.69) is 24.1 Å². The molecule has 0 spiro atoms. The summed E-state index contributed by atoms with van der Waals surface area (Å²) >= 11 is 0. The lowest BCUT2D eigenvalue weighted by atomic mass is 10.1. The monoisotopic (exact) mass is 268 g/mol. The van der Waals surface area contributed by atoms with Crippen molar-refractivity contribution in [2.75, 3.05) is 19.8 Å². The minimum absolute atomic E-state index is 0.183. The van der Waals surface area contributed by atoms with Gasteiger partial charge in [-0.1, -0.05) is 13.8 Å². The van der Waals surface area contributed by atoms with Crippen molar-refractivity contribution in [2.24, 2.45) is 5.92 Å². The van der Waals surface area contributed by atoms with E-state index in [-0.39, 0.29) is 6.10 Å². The lowest BCUT2D eigenvalue weighted by Gasteiger charge is -2.21. The van der Waals surface area contributed by atoms with Crippen molar-refractivity contribution in [1.29, 1.82) is 0 Å². The third-order valence-corrected chi connectivity index (χ3v) is 3.06. The number of nitrogens with zero attached hydrogens (tertiary/aromatic N) is 1. The Kier molecular flexibility index (Phi) is 5.66. The molecule has 0 bridgehead atoms. The van der Waals surface area contributed by atoms with E-state index in [0.29, 0.717) is 25.1 Å². The Morgan fingerprint density at radius 2 is 2.37 bits per heavy atom. The summed E-state index contributed by atoms with van der Waals surface area (Å²) in [6.45, 7) is 7.40. The number of hydrogen-bond donors (Lipinski definition) is 1. The number of aromatic nitrogens is 1. The second-order valence-corrected chi connectivity index (χ2v) is 5.43. The molecule has 1 aromatic heterocycles. The Morgan fingerprint density at radius 1 is 1.47 bits per heavy atom. The van der Waals surface area contributed by atoms with E-state index in [9.17, 15) is 0 Å². The number of hydrogen-bond acceptors (Lipinski definition) is 5. The fourth-order valence-electron chi connectivity index (χ4n) is 2.03. The van der Waals surface area contributed by atoms with Crippen LogP contribution in [-0.4, -0.2) is 30.8 Å². The quantitative estimate of drug-likeness (QED) is 0.822. The molecule has 108 valence electrons. The van der Waals surface area contributed by atoms with E-state index in [1.807, 2.05) is 0 Å². The SMILES string of the molecule is CC(C)CNCc1coc(OCC2CCCCO2)n1. The predicted octanol–water partition coefficient (Wildman–Crippen LogP) is 2.37. The van der Waals surface area contributed by atoms with E-state index in [1.54, 1.807) is 6.26 Å². The molecule has 0 amide bonds. The molecule has 1 fully saturated rings. The van der Waals surface area contributed by atoms with Gasteiger partial charge in [-0.25, -0.2) is 0 Å². The van der Waals surface area contributed by atoms with Gasteiger partial charge in [0, 0.05) is 13.2 Å². The maximum absolute atomic E-state index is 5.59. The molecular weight excluding hydrogens is 244 g/mol. The Labute approximate surface area is 114 Å². The van der Waals surface area contributed by atoms with E-state index < -0.39 is 0 Å². The zero-order valence-electron chi connectivity index (χ0n) is 11.9. The molecule has 1 N–H and O–H groups in total. The molecular formula is C14H24N2O3. The van der Waals surface area contributed by atoms with Gasteiger partial charge < -0.3 is 19.2 Å². The van der Waals surface area contributed by atoms with Crippen LogP contribution in [0.15, 0.2) is 10.7 Å². The van der Waals surface area contributed by atoms with E-state index >= 15 is 0 Å². The standard InChI is InChI=1S/C14H24N2O3/c1-11(2)7-15-8-12-9-18-14(16-12)19-10-13-5-3-4-6-17-13/h9,11,13,15H,3-8,10H2,1-2H3. The summed E-state index contributed by atoms with van der Waals surface area (Å²) in [4.78, 5) is 4.28. The maximum atomic E-state index is 5.59. The second kappa shape index (κ2) is 7.50. The zero-order valence-corrected chi connectivity index (χ0v) is 11.9. The number of ether oxygens (including phenoxy) is 2. The first-order valence-electron chi connectivity index (χ1n) is 7.13. The van der Waals surface area contributed by atoms with Crippen LogP contribution < -0.4 is 10.1 Å². The molecule has 1 aliphatic heterocycles. The zero-order chi connectivity index (χ0) is 13.5. The van der Waals surface area contributed by atoms with Crippen LogP contribution in [0.1, 0.15) is 38.8 Å². The highest BCUT2D eigenvalue weighted by Gasteiger charge is 2.15. The Hall–Kier alpha value is -1.07. The molecule has 1 atom stereocenters. The Balaban J connectivity index is 1.68. The van der Waals surface area contributed by atoms with Crippen molar-refractivity contribution < 1.29 is 13.9 Å². The molecule has 19 heavy (non-hydrogen) atoms. The van der Waals surface area contributed by atoms with E-state index in [4.69, 9.17) is 13.9 Å². The van der Waals surface area contributed by atoms with Crippen LogP contribution >= 0.6 is 0 Å². The van der Waals surface area contributed by atoms with Crippen LogP contribution in [0.4, 0.5) is 0 Å². The van der Waals surface area contributed by atoms with Gasteiger partial charge in [-0.15, -0.1) is 0 Å². The highest BCUT2D eigenvalue weighted by Crippen LogP contribution is 2.15. The van der Waals surface area contributed by atoms with Crippen LogP contribution in [0.5, 0.6) is 6.08 Å². The minimum atomic E-state index is 0.183. The Morgan fingerprint density at radius 3 is 3.11 bits per heavy atom. The fourth-order valence-corrected chi connectivity index (χ4v) is 2.03. The molecule has 1 unspecified atom stereocenters. The summed E-state index contributed by atoms with van der Waals surface area (Å²) in [5.74, 6) is 0.631. The minimum Gasteiger partial charge on any atom is -0.447 e. The average molecular weight is 268 g/mol. The topological polar surface area (TPSA) is 56.5 Å². The van der Waals surface area contributed by atoms with Crippen LogP contribution in [0.2, 0.25) is 0 Å². The lowest BCUT2D eigenvalue weighted by Crippen LogP contribution is -2.25. The summed E-state index contributed by atoms with van der Waals surface area (Å²) < 4.78 is 16.4. The average Bonchev–Trinajstić information content (AvgIpc) is 2.85. The van der Waals surface area contributed by atoms with Gasteiger partial charge in [0.1, 0.15) is 12.9 Å². The molecule has 5 nitrogen and oxygen atoms in total. The molecule has 1 aliphatic rings. The molecule has 0 radical (unpaired) electrons. The lowest BCUT2D eigenvalue weighted by molar-refractivity contribution is -0.0167. The van der Waals surface area contributed by atoms with Crippen LogP contribution in [0.25, 0.3) is 0 Å². The Bertz CT molecular complexity index is 359. The molecule has 0 aromatic carbocycles. The van der Waals surface area contributed by atoms with Gasteiger partial charge in [-0.3, -0.25) is 0 Å². The van der Waals surface area contributed by atoms with Gasteiger partial charge in [0.2, 0.25) is 0 Å². The van der Waals surface area contributed by atoms with Gasteiger partial charge in [0.15, 0.2) is 0 Å². The summed E-state index contributed by atoms with van der Waals surface area (Å²) in [6, 6.07) is 0. The predicted molar refractivity (Wildman–Crippen MR) is 72.1 cm³/mol.